The molecule has 15 heavy (non-hydrogen) atoms. The normalized spacial score (nSPS) is 31.7. The van der Waals surface area contributed by atoms with E-state index < -0.39 is 26.7 Å². The van der Waals surface area contributed by atoms with E-state index in [1.165, 1.54) is 0 Å². The first-order valence-corrected chi connectivity index (χ1v) is 6.86. The molecule has 0 amide bonds. The van der Waals surface area contributed by atoms with E-state index >= 15 is 0 Å². The lowest BCUT2D eigenvalue weighted by atomic mass is 10.0. The number of hydrogen-bond donors (Lipinski definition) is 1. The van der Waals surface area contributed by atoms with Crippen molar-refractivity contribution in [1.82, 2.24) is 0 Å². The summed E-state index contributed by atoms with van der Waals surface area (Å²) in [4.78, 5) is 11.2. The third-order valence-corrected chi connectivity index (χ3v) is 4.47. The molecule has 1 aliphatic rings. The molecule has 0 aliphatic heterocycles. The average Bonchev–Trinajstić information content (AvgIpc) is 2.49. The average molecular weight is 236 g/mol. The molecule has 88 valence electrons. The lowest BCUT2D eigenvalue weighted by Gasteiger charge is -2.29. The second kappa shape index (κ2) is 4.09. The largest absolute Gasteiger partial charge is 0.479 e. The Morgan fingerprint density at radius 2 is 2.20 bits per heavy atom. The van der Waals surface area contributed by atoms with Crippen LogP contribution in [0.15, 0.2) is 0 Å². The minimum Gasteiger partial charge on any atom is -0.479 e. The topological polar surface area (TPSA) is 80.7 Å². The zero-order valence-corrected chi connectivity index (χ0v) is 9.71. The fourth-order valence-corrected chi connectivity index (χ4v) is 3.81. The van der Waals surface area contributed by atoms with Crippen molar-refractivity contribution in [3.05, 3.63) is 0 Å². The van der Waals surface area contributed by atoms with Gasteiger partial charge < -0.3 is 9.84 Å². The van der Waals surface area contributed by atoms with Gasteiger partial charge in [-0.2, -0.15) is 0 Å². The molecule has 0 bridgehead atoms. The van der Waals surface area contributed by atoms with Crippen molar-refractivity contribution in [2.24, 2.45) is 0 Å². The summed E-state index contributed by atoms with van der Waals surface area (Å²) in [6.07, 6.45) is 2.28. The number of carboxylic acid groups (broad SMARTS) is 1. The number of rotatable bonds is 4. The summed E-state index contributed by atoms with van der Waals surface area (Å²) in [5.74, 6) is -1.17. The van der Waals surface area contributed by atoms with Gasteiger partial charge in [0.15, 0.2) is 15.4 Å². The van der Waals surface area contributed by atoms with E-state index in [1.54, 1.807) is 6.92 Å². The maximum Gasteiger partial charge on any atom is 0.337 e. The molecule has 5 nitrogen and oxygen atoms in total. The van der Waals surface area contributed by atoms with Gasteiger partial charge >= 0.3 is 5.97 Å². The zero-order chi connectivity index (χ0) is 11.7. The zero-order valence-electron chi connectivity index (χ0n) is 8.89. The first-order chi connectivity index (χ1) is 6.84. The predicted molar refractivity (Wildman–Crippen MR) is 54.5 cm³/mol. The van der Waals surface area contributed by atoms with Crippen LogP contribution in [0.5, 0.6) is 0 Å². The minimum atomic E-state index is -3.38. The summed E-state index contributed by atoms with van der Waals surface area (Å²) >= 11 is 0. The van der Waals surface area contributed by atoms with Crippen molar-refractivity contribution in [1.29, 1.82) is 0 Å². The molecular formula is C9H16O5S. The quantitative estimate of drug-likeness (QED) is 0.766. The van der Waals surface area contributed by atoms with Crippen molar-refractivity contribution < 1.29 is 23.1 Å². The summed E-state index contributed by atoms with van der Waals surface area (Å²) < 4.78 is 28.2. The van der Waals surface area contributed by atoms with Gasteiger partial charge in [0.25, 0.3) is 0 Å². The van der Waals surface area contributed by atoms with Gasteiger partial charge in [-0.1, -0.05) is 0 Å². The fraction of sp³-hybridized carbons (Fsp3) is 0.889. The van der Waals surface area contributed by atoms with E-state index in [9.17, 15) is 13.2 Å². The molecule has 1 saturated carbocycles. The van der Waals surface area contributed by atoms with Crippen LogP contribution in [-0.4, -0.2) is 43.2 Å². The van der Waals surface area contributed by atoms with Crippen LogP contribution in [0.25, 0.3) is 0 Å². The first-order valence-electron chi connectivity index (χ1n) is 4.91. The lowest BCUT2D eigenvalue weighted by Crippen LogP contribution is -2.51. The van der Waals surface area contributed by atoms with Gasteiger partial charge in [0.1, 0.15) is 5.25 Å². The van der Waals surface area contributed by atoms with Gasteiger partial charge in [0.2, 0.25) is 0 Å². The molecule has 0 radical (unpaired) electrons. The van der Waals surface area contributed by atoms with E-state index in [2.05, 4.69) is 0 Å². The van der Waals surface area contributed by atoms with Gasteiger partial charge in [-0.15, -0.1) is 0 Å². The van der Waals surface area contributed by atoms with Crippen molar-refractivity contribution in [2.75, 3.05) is 12.9 Å². The number of hydrogen-bond acceptors (Lipinski definition) is 4. The third kappa shape index (κ3) is 2.15. The molecule has 0 aromatic rings. The van der Waals surface area contributed by atoms with Crippen LogP contribution in [-0.2, 0) is 19.4 Å². The molecule has 1 rings (SSSR count). The highest BCUT2D eigenvalue weighted by atomic mass is 32.2. The van der Waals surface area contributed by atoms with E-state index in [0.717, 1.165) is 6.26 Å². The number of ether oxygens (including phenoxy) is 1. The molecule has 0 spiro atoms. The Bertz CT molecular complexity index is 348. The molecule has 0 saturated heterocycles. The highest BCUT2D eigenvalue weighted by Crippen LogP contribution is 2.38. The van der Waals surface area contributed by atoms with E-state index in [0.29, 0.717) is 12.8 Å². The van der Waals surface area contributed by atoms with Crippen LogP contribution in [0.1, 0.15) is 26.2 Å². The van der Waals surface area contributed by atoms with Crippen LogP contribution >= 0.6 is 0 Å². The van der Waals surface area contributed by atoms with Crippen molar-refractivity contribution in [2.45, 2.75) is 37.0 Å². The summed E-state index contributed by atoms with van der Waals surface area (Å²) in [6, 6.07) is 0. The highest BCUT2D eigenvalue weighted by molar-refractivity contribution is 7.91. The Morgan fingerprint density at radius 3 is 2.60 bits per heavy atom. The molecule has 2 atom stereocenters. The second-order valence-electron chi connectivity index (χ2n) is 3.84. The summed E-state index contributed by atoms with van der Waals surface area (Å²) in [5, 5.41) is 8.22. The first kappa shape index (κ1) is 12.4. The van der Waals surface area contributed by atoms with Gasteiger partial charge in [-0.25, -0.2) is 13.2 Å². The number of sulfone groups is 1. The smallest absolute Gasteiger partial charge is 0.337 e. The van der Waals surface area contributed by atoms with E-state index in [4.69, 9.17) is 9.84 Å². The maximum absolute atomic E-state index is 11.5. The van der Waals surface area contributed by atoms with Crippen molar-refractivity contribution in [3.8, 4) is 0 Å². The monoisotopic (exact) mass is 236 g/mol. The molecule has 0 aromatic carbocycles. The molecule has 2 unspecified atom stereocenters. The van der Waals surface area contributed by atoms with Crippen LogP contribution in [0.4, 0.5) is 0 Å². The molecular weight excluding hydrogens is 220 g/mol. The Labute approximate surface area is 89.3 Å². The molecule has 1 N–H and O–H groups in total. The Balaban J connectivity index is 3.11. The van der Waals surface area contributed by atoms with Gasteiger partial charge in [-0.3, -0.25) is 0 Å². The number of aliphatic carboxylic acids is 1. The SMILES string of the molecule is CCOC1(C(=O)O)CCCC1S(C)(=O)=O. The Morgan fingerprint density at radius 1 is 1.60 bits per heavy atom. The van der Waals surface area contributed by atoms with E-state index in [-0.39, 0.29) is 13.0 Å². The maximum atomic E-state index is 11.5. The van der Waals surface area contributed by atoms with Crippen LogP contribution in [0.3, 0.4) is 0 Å². The standard InChI is InChI=1S/C9H16O5S/c1-3-14-9(8(10)11)6-4-5-7(9)15(2,12)13/h7H,3-6H2,1-2H3,(H,10,11). The molecule has 0 aromatic heterocycles. The van der Waals surface area contributed by atoms with E-state index in [1.807, 2.05) is 0 Å². The molecule has 6 heteroatoms. The summed E-state index contributed by atoms with van der Waals surface area (Å²) in [5.41, 5.74) is -1.53. The lowest BCUT2D eigenvalue weighted by molar-refractivity contribution is -0.164. The van der Waals surface area contributed by atoms with Crippen LogP contribution in [0, 0.1) is 0 Å². The number of carbonyl (C=O) groups is 1. The Kier molecular flexibility index (Phi) is 3.40. The summed E-state index contributed by atoms with van der Waals surface area (Å²) in [7, 11) is -3.38. The fourth-order valence-electron chi connectivity index (χ4n) is 2.23. The molecule has 0 heterocycles. The van der Waals surface area contributed by atoms with Crippen molar-refractivity contribution >= 4 is 15.8 Å². The minimum absolute atomic E-state index is 0.207. The summed E-state index contributed by atoms with van der Waals surface area (Å²) in [6.45, 7) is 1.88. The second-order valence-corrected chi connectivity index (χ2v) is 6.07. The van der Waals surface area contributed by atoms with Gasteiger partial charge in [-0.05, 0) is 26.2 Å². The van der Waals surface area contributed by atoms with Gasteiger partial charge in [0.05, 0.1) is 0 Å². The molecule has 1 aliphatic carbocycles. The third-order valence-electron chi connectivity index (χ3n) is 2.82. The molecule has 1 fully saturated rings. The Hall–Kier alpha value is -0.620. The predicted octanol–water partition coefficient (Wildman–Crippen LogP) is 0.443. The highest BCUT2D eigenvalue weighted by Gasteiger charge is 2.54. The number of carboxylic acids is 1. The van der Waals surface area contributed by atoms with Crippen LogP contribution in [0.2, 0.25) is 0 Å². The van der Waals surface area contributed by atoms with Gasteiger partial charge in [0, 0.05) is 12.9 Å². The van der Waals surface area contributed by atoms with Crippen molar-refractivity contribution in [3.63, 3.8) is 0 Å². The van der Waals surface area contributed by atoms with Crippen LogP contribution < -0.4 is 0 Å².